The van der Waals surface area contributed by atoms with Crippen LogP contribution in [0.2, 0.25) is 0 Å². The van der Waals surface area contributed by atoms with Gasteiger partial charge in [0.2, 0.25) is 5.12 Å². The van der Waals surface area contributed by atoms with Gasteiger partial charge in [-0.25, -0.2) is 62.4 Å². The maximum atomic E-state index is 12.4. The Kier molecular flexibility index (Phi) is 47.6. The minimum absolute atomic E-state index is 0.0270. The number of hydrogen-bond acceptors (Lipinski definition) is 33. The van der Waals surface area contributed by atoms with Crippen LogP contribution in [0.4, 0.5) is 0 Å². The van der Waals surface area contributed by atoms with E-state index in [0.29, 0.717) is 52.0 Å². The first-order chi connectivity index (χ1) is 56.0. The molecule has 1 aliphatic heterocycles. The second-order valence-electron chi connectivity index (χ2n) is 25.6. The number of ether oxygens (including phenoxy) is 8. The molecule has 8 rings (SSSR count). The zero-order valence-electron chi connectivity index (χ0n) is 68.6. The number of thioether (sulfide) groups is 2. The van der Waals surface area contributed by atoms with Crippen LogP contribution in [0.15, 0.2) is 159 Å². The third kappa shape index (κ3) is 34.4. The van der Waals surface area contributed by atoms with E-state index in [1.807, 2.05) is 72.1 Å². The first kappa shape index (κ1) is 112. The molecule has 2 N–H and O–H groups in total. The second kappa shape index (κ2) is 51.2. The van der Waals surface area contributed by atoms with Crippen molar-refractivity contribution in [1.82, 2.24) is 0 Å². The van der Waals surface area contributed by atoms with E-state index < -0.39 is 99.5 Å². The molecule has 0 aliphatic carbocycles. The normalized spacial score (nSPS) is 12.1. The van der Waals surface area contributed by atoms with Gasteiger partial charge in [-0.05, 0) is 167 Å². The average molecular weight is 2200 g/mol. The number of sulfone groups is 4. The van der Waals surface area contributed by atoms with Gasteiger partial charge < -0.3 is 47.2 Å². The molecule has 0 spiro atoms. The molecule has 1 heterocycles. The number of hydrogen-bond donors (Lipinski definition) is 3. The van der Waals surface area contributed by atoms with Crippen LogP contribution in [0, 0.1) is 20.8 Å². The van der Waals surface area contributed by atoms with E-state index in [1.54, 1.807) is 49.0 Å². The topological polar surface area (TPSA) is 435 Å². The Hall–Kier alpha value is -6.53. The van der Waals surface area contributed by atoms with Crippen molar-refractivity contribution in [3.05, 3.63) is 198 Å². The summed E-state index contributed by atoms with van der Waals surface area (Å²) in [5.74, 6) is -4.34. The summed E-state index contributed by atoms with van der Waals surface area (Å²) in [6.07, 6.45) is 6.20. The molecule has 0 saturated carbocycles. The molecule has 7 aromatic rings. The first-order valence-electron chi connectivity index (χ1n) is 33.7. The molecule has 659 valence electrons. The molecular weight excluding hydrogens is 2120 g/mol. The molecule has 0 atom stereocenters. The number of thiol groups is 1. The van der Waals surface area contributed by atoms with Crippen LogP contribution in [-0.2, 0) is 115 Å². The Bertz CT molecular complexity index is 5440. The SMILES string of the molecule is COC(=O)c1cc(B2OC(C)(C)C(C)(C)O2)c(COC(C)=O)c(S(C)(=O)=O)c1.COC(=O)c1cc(Br)c(C)c(S(C)(=O)=O)c1.COC(=O)c1cc(Br)c(C)c(SC(=O)c2ccccc2)c1.COC(=O)c1cc(Br)c(C)c(SC)c1.COC(=O)c1cc(Br)c(CBr)c(S(C)(=O)=O)c1.COC(=O)c1cc(Br)c(COC(C)=O)c(S(C)(=O)=O)c1.OO.[B]=NS. The fourth-order valence-electron chi connectivity index (χ4n) is 9.65. The quantitative estimate of drug-likeness (QED) is 0.00989. The Morgan fingerprint density at radius 1 is 0.446 bits per heavy atom. The van der Waals surface area contributed by atoms with E-state index in [9.17, 15) is 76.8 Å². The zero-order valence-corrected chi connectivity index (χ0v) is 83.9. The van der Waals surface area contributed by atoms with Crippen LogP contribution in [-0.4, -0.2) is 197 Å². The fourth-order valence-corrected chi connectivity index (χ4v) is 19.5. The van der Waals surface area contributed by atoms with E-state index in [0.717, 1.165) is 66.6 Å². The molecule has 0 bridgehead atoms. The van der Waals surface area contributed by atoms with Gasteiger partial charge in [0.25, 0.3) is 0 Å². The molecular formula is C76H86B2Br6NO29S7. The number of nitrogens with zero attached hydrogens (tertiary/aromatic N) is 1. The van der Waals surface area contributed by atoms with Gasteiger partial charge in [-0.3, -0.25) is 24.9 Å². The fraction of sp³-hybridized carbons (Fsp3) is 0.329. The predicted molar refractivity (Wildman–Crippen MR) is 482 cm³/mol. The molecule has 0 amide bonds. The summed E-state index contributed by atoms with van der Waals surface area (Å²) < 4.78 is 150. The van der Waals surface area contributed by atoms with E-state index in [-0.39, 0.29) is 77.3 Å². The summed E-state index contributed by atoms with van der Waals surface area (Å²) in [6.45, 7) is 14.9. The number of alkyl halides is 1. The van der Waals surface area contributed by atoms with E-state index in [2.05, 4.69) is 139 Å². The molecule has 0 aromatic heterocycles. The number of benzene rings is 7. The Morgan fingerprint density at radius 3 is 1.06 bits per heavy atom. The van der Waals surface area contributed by atoms with Crippen molar-refractivity contribution in [1.29, 1.82) is 0 Å². The standard InChI is InChI=1S/C18H25BO8S.C16H13BrO3S.C12H13BrO6S.C10H10Br2O4S.C10H11BrO4S.C10H11BrO2S.BHNS.H2O2/c1-11(20)25-10-13-14(19-26-17(2,3)18(4,5)27-19)8-12(16(21)24-6)9-15(13)28(7,22)23;1-10-13(17)8-12(15(18)20-2)9-14(10)21-16(19)11-6-4-3-5-7-11;1-7(14)19-6-9-10(13)4-8(12(15)18-2)5-11(9)20(3,16)17;1-16-10(13)6-3-8(12)7(5-11)9(4-6)17(2,14)15;1-6-8(11)4-7(10(12)15-2)5-9(6)16(3,13)14;1-6-8(11)4-7(10(12)13-2)5-9(6)14-3;1-2-3;1-2/h8-9H,10H2,1-7H3;3-9H,1-2H3;4-5H,6H2,1-3H3;3-4H,5H2,1-2H3;4-5H,1-3H3;4-5H,1-3H3;3H;1-2H. The van der Waals surface area contributed by atoms with Gasteiger partial charge in [0, 0.05) is 93.0 Å². The van der Waals surface area contributed by atoms with Gasteiger partial charge in [-0.2, -0.15) is 0 Å². The molecule has 7 aromatic carbocycles. The van der Waals surface area contributed by atoms with Gasteiger partial charge in [0.1, 0.15) is 13.2 Å². The van der Waals surface area contributed by atoms with Crippen LogP contribution >= 0.6 is 132 Å². The van der Waals surface area contributed by atoms with Crippen molar-refractivity contribution in [2.24, 2.45) is 4.30 Å². The van der Waals surface area contributed by atoms with Crippen LogP contribution in [0.5, 0.6) is 0 Å². The summed E-state index contributed by atoms with van der Waals surface area (Å²) in [5, 5.41) is 12.3. The average Bonchev–Trinajstić information content (AvgIpc) is 1.61. The summed E-state index contributed by atoms with van der Waals surface area (Å²) in [4.78, 5) is 106. The molecule has 1 radical (unpaired) electrons. The molecule has 30 nitrogen and oxygen atoms in total. The van der Waals surface area contributed by atoms with Gasteiger partial charge >= 0.3 is 79.6 Å². The monoisotopic (exact) mass is 2200 g/mol. The van der Waals surface area contributed by atoms with Crippen LogP contribution in [0.1, 0.15) is 147 Å². The third-order valence-electron chi connectivity index (χ3n) is 16.5. The number of carbonyl (C=O) groups excluding carboxylic acids is 9. The summed E-state index contributed by atoms with van der Waals surface area (Å²) >= 11 is 25.6. The number of rotatable bonds is 19. The predicted octanol–water partition coefficient (Wildman–Crippen LogP) is 15.4. The summed E-state index contributed by atoms with van der Waals surface area (Å²) in [5.41, 5.74) is 4.75. The summed E-state index contributed by atoms with van der Waals surface area (Å²) in [6, 6.07) is 27.0. The van der Waals surface area contributed by atoms with Crippen molar-refractivity contribution in [2.45, 2.75) is 121 Å². The molecule has 1 aliphatic rings. The molecule has 1 fully saturated rings. The number of methoxy groups -OCH3 is 6. The number of carbonyl (C=O) groups is 9. The van der Waals surface area contributed by atoms with Crippen molar-refractivity contribution in [3.8, 4) is 0 Å². The molecule has 1 saturated heterocycles. The van der Waals surface area contributed by atoms with Crippen LogP contribution < -0.4 is 5.46 Å². The molecule has 45 heteroatoms. The van der Waals surface area contributed by atoms with E-state index in [4.69, 9.17) is 38.8 Å². The van der Waals surface area contributed by atoms with E-state index in [1.165, 1.54) is 105 Å². The number of halogens is 6. The number of esters is 8. The summed E-state index contributed by atoms with van der Waals surface area (Å²) in [7, 11) is -3.14. The van der Waals surface area contributed by atoms with Crippen LogP contribution in [0.25, 0.3) is 0 Å². The van der Waals surface area contributed by atoms with Crippen molar-refractivity contribution in [2.75, 3.05) is 73.9 Å². The van der Waals surface area contributed by atoms with Gasteiger partial charge in [0.05, 0.1) is 107 Å². The third-order valence-corrected chi connectivity index (χ3v) is 27.6. The zero-order chi connectivity index (χ0) is 93.5. The second-order valence-corrected chi connectivity index (χ2v) is 40.4. The Morgan fingerprint density at radius 2 is 0.727 bits per heavy atom. The maximum absolute atomic E-state index is 12.4. The minimum atomic E-state index is -3.77. The van der Waals surface area contributed by atoms with Crippen molar-refractivity contribution < 1.29 is 135 Å². The van der Waals surface area contributed by atoms with E-state index >= 15 is 0 Å². The van der Waals surface area contributed by atoms with Crippen molar-refractivity contribution >= 4 is 244 Å². The van der Waals surface area contributed by atoms with Gasteiger partial charge in [-0.15, -0.1) is 11.8 Å². The Balaban J connectivity index is 0.000000727. The van der Waals surface area contributed by atoms with Crippen LogP contribution in [0.3, 0.4) is 0 Å². The Labute approximate surface area is 769 Å². The molecule has 121 heavy (non-hydrogen) atoms. The molecule has 0 unspecified atom stereocenters. The first-order valence-corrected chi connectivity index (χ1v) is 48.8. The van der Waals surface area contributed by atoms with Gasteiger partial charge in [0.15, 0.2) is 39.3 Å². The van der Waals surface area contributed by atoms with Gasteiger partial charge in [-0.1, -0.05) is 126 Å². The van der Waals surface area contributed by atoms with Crippen molar-refractivity contribution in [3.63, 3.8) is 0 Å².